The predicted molar refractivity (Wildman–Crippen MR) is 118 cm³/mol. The molecule has 6 nitrogen and oxygen atoms in total. The molecule has 6 heteroatoms. The van der Waals surface area contributed by atoms with Crippen molar-refractivity contribution in [3.63, 3.8) is 0 Å². The van der Waals surface area contributed by atoms with Gasteiger partial charge in [0.1, 0.15) is 6.04 Å². The van der Waals surface area contributed by atoms with Crippen LogP contribution in [0, 0.1) is 0 Å². The second-order valence-electron chi connectivity index (χ2n) is 7.19. The number of nitrogens with zero attached hydrogens (tertiary/aromatic N) is 1. The molecule has 0 bridgehead atoms. The Morgan fingerprint density at radius 2 is 1.70 bits per heavy atom. The minimum Gasteiger partial charge on any atom is -0.493 e. The Bertz CT molecular complexity index is 823. The van der Waals surface area contributed by atoms with Gasteiger partial charge in [-0.25, -0.2) is 0 Å². The Labute approximate surface area is 179 Å². The Morgan fingerprint density at radius 3 is 2.33 bits per heavy atom. The molecule has 0 unspecified atom stereocenters. The molecule has 0 radical (unpaired) electrons. The van der Waals surface area contributed by atoms with E-state index in [1.165, 1.54) is 0 Å². The number of carbonyl (C=O) groups excluding carboxylic acids is 2. The van der Waals surface area contributed by atoms with Gasteiger partial charge in [-0.15, -0.1) is 0 Å². The van der Waals surface area contributed by atoms with Crippen molar-refractivity contribution in [2.75, 3.05) is 20.8 Å². The third-order valence-electron chi connectivity index (χ3n) is 5.00. The summed E-state index contributed by atoms with van der Waals surface area (Å²) in [7, 11) is 3.14. The summed E-state index contributed by atoms with van der Waals surface area (Å²) < 4.78 is 10.6. The van der Waals surface area contributed by atoms with E-state index in [0.29, 0.717) is 24.6 Å². The van der Waals surface area contributed by atoms with Gasteiger partial charge >= 0.3 is 0 Å². The third-order valence-corrected chi connectivity index (χ3v) is 5.00. The van der Waals surface area contributed by atoms with Gasteiger partial charge in [-0.2, -0.15) is 0 Å². The Balaban J connectivity index is 2.20. The van der Waals surface area contributed by atoms with Crippen molar-refractivity contribution in [2.24, 2.45) is 0 Å². The van der Waals surface area contributed by atoms with Crippen LogP contribution in [0.5, 0.6) is 11.5 Å². The smallest absolute Gasteiger partial charge is 0.242 e. The first-order chi connectivity index (χ1) is 14.5. The number of benzene rings is 2. The zero-order chi connectivity index (χ0) is 21.9. The topological polar surface area (TPSA) is 67.9 Å². The first-order valence-electron chi connectivity index (χ1n) is 10.3. The number of hydrogen-bond acceptors (Lipinski definition) is 4. The highest BCUT2D eigenvalue weighted by Crippen LogP contribution is 2.28. The van der Waals surface area contributed by atoms with Crippen LogP contribution in [-0.4, -0.2) is 43.5 Å². The van der Waals surface area contributed by atoms with Crippen LogP contribution in [0.1, 0.15) is 37.8 Å². The summed E-state index contributed by atoms with van der Waals surface area (Å²) in [6, 6.07) is 14.5. The quantitative estimate of drug-likeness (QED) is 0.573. The third kappa shape index (κ3) is 6.51. The van der Waals surface area contributed by atoms with E-state index >= 15 is 0 Å². The molecule has 0 aliphatic heterocycles. The SMILES string of the molecule is CCCCNC(=O)[C@H](C)N(Cc1ccccc1)C(=O)Cc1ccc(OC)c(OC)c1. The van der Waals surface area contributed by atoms with Crippen molar-refractivity contribution in [1.82, 2.24) is 10.2 Å². The summed E-state index contributed by atoms with van der Waals surface area (Å²) in [4.78, 5) is 27.5. The number of carbonyl (C=O) groups is 2. The number of methoxy groups -OCH3 is 2. The molecule has 0 aliphatic carbocycles. The van der Waals surface area contributed by atoms with E-state index in [-0.39, 0.29) is 18.2 Å². The van der Waals surface area contributed by atoms with Gasteiger partial charge in [-0.3, -0.25) is 9.59 Å². The van der Waals surface area contributed by atoms with Crippen LogP contribution >= 0.6 is 0 Å². The van der Waals surface area contributed by atoms with Crippen LogP contribution in [0.3, 0.4) is 0 Å². The number of hydrogen-bond donors (Lipinski definition) is 1. The average Bonchev–Trinajstić information content (AvgIpc) is 2.77. The molecule has 0 saturated heterocycles. The van der Waals surface area contributed by atoms with E-state index < -0.39 is 6.04 Å². The second kappa shape index (κ2) is 11.9. The summed E-state index contributed by atoms with van der Waals surface area (Å²) in [6.07, 6.45) is 2.08. The van der Waals surface area contributed by atoms with Crippen molar-refractivity contribution in [2.45, 2.75) is 45.7 Å². The molecule has 2 aromatic carbocycles. The van der Waals surface area contributed by atoms with Crippen LogP contribution in [-0.2, 0) is 22.6 Å². The van der Waals surface area contributed by atoms with Gasteiger partial charge in [-0.05, 0) is 36.6 Å². The molecular formula is C24H32N2O4. The maximum atomic E-state index is 13.2. The van der Waals surface area contributed by atoms with Gasteiger partial charge in [0, 0.05) is 13.1 Å². The van der Waals surface area contributed by atoms with E-state index in [1.54, 1.807) is 38.2 Å². The monoisotopic (exact) mass is 412 g/mol. The Hall–Kier alpha value is -3.02. The van der Waals surface area contributed by atoms with Crippen molar-refractivity contribution in [3.8, 4) is 11.5 Å². The average molecular weight is 413 g/mol. The Morgan fingerprint density at radius 1 is 1.00 bits per heavy atom. The zero-order valence-corrected chi connectivity index (χ0v) is 18.3. The van der Waals surface area contributed by atoms with E-state index in [1.807, 2.05) is 36.4 Å². The molecule has 2 amide bonds. The molecule has 0 fully saturated rings. The summed E-state index contributed by atoms with van der Waals surface area (Å²) in [6.45, 7) is 4.83. The van der Waals surface area contributed by atoms with E-state index in [2.05, 4.69) is 12.2 Å². The maximum Gasteiger partial charge on any atom is 0.242 e. The minimum atomic E-state index is -0.574. The summed E-state index contributed by atoms with van der Waals surface area (Å²) in [5.74, 6) is 0.922. The molecule has 2 rings (SSSR count). The number of ether oxygens (including phenoxy) is 2. The zero-order valence-electron chi connectivity index (χ0n) is 18.3. The van der Waals surface area contributed by atoms with Gasteiger partial charge in [0.25, 0.3) is 0 Å². The van der Waals surface area contributed by atoms with Crippen LogP contribution in [0.4, 0.5) is 0 Å². The first-order valence-corrected chi connectivity index (χ1v) is 10.3. The number of rotatable bonds is 11. The van der Waals surface area contributed by atoms with Gasteiger partial charge in [0.2, 0.25) is 11.8 Å². The molecule has 0 saturated carbocycles. The fourth-order valence-electron chi connectivity index (χ4n) is 3.17. The number of unbranched alkanes of at least 4 members (excludes halogenated alkanes) is 1. The van der Waals surface area contributed by atoms with Crippen LogP contribution in [0.25, 0.3) is 0 Å². The molecule has 0 spiro atoms. The lowest BCUT2D eigenvalue weighted by molar-refractivity contribution is -0.140. The molecule has 30 heavy (non-hydrogen) atoms. The van der Waals surface area contributed by atoms with Crippen LogP contribution in [0.15, 0.2) is 48.5 Å². The van der Waals surface area contributed by atoms with E-state index in [9.17, 15) is 9.59 Å². The van der Waals surface area contributed by atoms with Gasteiger partial charge < -0.3 is 19.7 Å². The molecule has 162 valence electrons. The van der Waals surface area contributed by atoms with E-state index in [0.717, 1.165) is 24.0 Å². The van der Waals surface area contributed by atoms with Crippen molar-refractivity contribution in [3.05, 3.63) is 59.7 Å². The molecule has 0 aromatic heterocycles. The van der Waals surface area contributed by atoms with Crippen molar-refractivity contribution in [1.29, 1.82) is 0 Å². The second-order valence-corrected chi connectivity index (χ2v) is 7.19. The highest BCUT2D eigenvalue weighted by Gasteiger charge is 2.26. The highest BCUT2D eigenvalue weighted by molar-refractivity contribution is 5.88. The molecule has 0 heterocycles. The molecule has 0 aliphatic rings. The maximum absolute atomic E-state index is 13.2. The van der Waals surface area contributed by atoms with Gasteiger partial charge in [0.05, 0.1) is 20.6 Å². The minimum absolute atomic E-state index is 0.121. The summed E-state index contributed by atoms with van der Waals surface area (Å²) >= 11 is 0. The van der Waals surface area contributed by atoms with Crippen molar-refractivity contribution < 1.29 is 19.1 Å². The number of amides is 2. The fourth-order valence-corrected chi connectivity index (χ4v) is 3.17. The van der Waals surface area contributed by atoms with Crippen LogP contribution < -0.4 is 14.8 Å². The standard InChI is InChI=1S/C24H32N2O4/c1-5-6-14-25-24(28)18(2)26(17-19-10-8-7-9-11-19)23(27)16-20-12-13-21(29-3)22(15-20)30-4/h7-13,15,18H,5-6,14,16-17H2,1-4H3,(H,25,28)/t18-/m0/s1. The normalized spacial score (nSPS) is 11.5. The highest BCUT2D eigenvalue weighted by atomic mass is 16.5. The first kappa shape index (κ1) is 23.3. The largest absolute Gasteiger partial charge is 0.493 e. The Kier molecular flexibility index (Phi) is 9.19. The van der Waals surface area contributed by atoms with Gasteiger partial charge in [-0.1, -0.05) is 49.7 Å². The molecule has 1 atom stereocenters. The van der Waals surface area contributed by atoms with Crippen molar-refractivity contribution >= 4 is 11.8 Å². The molecule has 1 N–H and O–H groups in total. The lowest BCUT2D eigenvalue weighted by atomic mass is 10.1. The van der Waals surface area contributed by atoms with E-state index in [4.69, 9.17) is 9.47 Å². The summed E-state index contributed by atoms with van der Waals surface area (Å²) in [5, 5.41) is 2.93. The predicted octanol–water partition coefficient (Wildman–Crippen LogP) is 3.58. The van der Waals surface area contributed by atoms with Crippen LogP contribution in [0.2, 0.25) is 0 Å². The lowest BCUT2D eigenvalue weighted by Crippen LogP contribution is -2.48. The lowest BCUT2D eigenvalue weighted by Gasteiger charge is -2.29. The number of nitrogens with one attached hydrogen (secondary N) is 1. The summed E-state index contributed by atoms with van der Waals surface area (Å²) in [5.41, 5.74) is 1.78. The molecule has 2 aromatic rings. The fraction of sp³-hybridized carbons (Fsp3) is 0.417. The van der Waals surface area contributed by atoms with Gasteiger partial charge in [0.15, 0.2) is 11.5 Å². The molecular weight excluding hydrogens is 380 g/mol.